The molecular weight excluding hydrogens is 804 g/mol. The van der Waals surface area contributed by atoms with Gasteiger partial charge in [-0.05, 0) is 12.8 Å². The van der Waals surface area contributed by atoms with Crippen molar-refractivity contribution < 1.29 is 33.1 Å². The molecule has 0 aromatic carbocycles. The molecule has 0 saturated carbocycles. The van der Waals surface area contributed by atoms with Gasteiger partial charge in [0, 0.05) is 13.0 Å². The van der Waals surface area contributed by atoms with Crippen LogP contribution in [-0.4, -0.2) is 41.7 Å². The normalized spacial score (nSPS) is 12.4. The smallest absolute Gasteiger partial charge is 0.457 e. The molecule has 378 valence electrons. The van der Waals surface area contributed by atoms with Crippen LogP contribution in [0, 0.1) is 0 Å². The number of rotatable bonds is 55. The van der Waals surface area contributed by atoms with Crippen molar-refractivity contribution in [1.29, 1.82) is 0 Å². The molecule has 0 bridgehead atoms. The fourth-order valence-electron chi connectivity index (χ4n) is 8.98. The van der Waals surface area contributed by atoms with Crippen LogP contribution in [0.4, 0.5) is 0 Å². The lowest BCUT2D eigenvalue weighted by molar-refractivity contribution is -0.154. The zero-order valence-electron chi connectivity index (χ0n) is 42.5. The number of carbonyl (C=O) groups is 1. The molecule has 2 N–H and O–H groups in total. The van der Waals surface area contributed by atoms with Crippen LogP contribution in [0.3, 0.4) is 0 Å². The lowest BCUT2D eigenvalue weighted by atomic mass is 10.0. The average molecular weight is 915 g/mol. The third-order valence-electron chi connectivity index (χ3n) is 13.2. The Kier molecular flexibility index (Phi) is 52.1. The summed E-state index contributed by atoms with van der Waals surface area (Å²) in [7, 11) is -4.65. The summed E-state index contributed by atoms with van der Waals surface area (Å²) in [6, 6.07) is 0. The molecule has 0 fully saturated rings. The predicted octanol–water partition coefficient (Wildman–Crippen LogP) is 18.8. The Bertz CT molecular complexity index is 927. The molecule has 0 amide bonds. The molecule has 0 aliphatic carbocycles. The number of carbonyl (C=O) groups excluding carboxylic acids is 1. The standard InChI is InChI=1S/C55H111O7P/c1-3-5-7-9-11-13-15-17-19-21-22-23-24-25-26-27-28-29-30-31-32-33-34-35-36-38-40-42-44-46-48-50-55(56)62-54(53-61-63(57,58)59)52-60-51-49-47-45-43-41-39-37-20-18-16-14-12-10-8-6-4-2/h54H,3-53H2,1-2H3,(H2,57,58,59)/t54-/m1/s1. The van der Waals surface area contributed by atoms with Gasteiger partial charge in [0.2, 0.25) is 0 Å². The van der Waals surface area contributed by atoms with Gasteiger partial charge in [0.25, 0.3) is 0 Å². The number of phosphoric ester groups is 1. The van der Waals surface area contributed by atoms with Gasteiger partial charge < -0.3 is 19.3 Å². The van der Waals surface area contributed by atoms with Crippen LogP contribution in [-0.2, 0) is 23.4 Å². The highest BCUT2D eigenvalue weighted by Crippen LogP contribution is 2.36. The number of unbranched alkanes of at least 4 members (excludes halogenated alkanes) is 45. The maximum absolute atomic E-state index is 12.5. The van der Waals surface area contributed by atoms with Gasteiger partial charge in [0.1, 0.15) is 6.10 Å². The van der Waals surface area contributed by atoms with Crippen molar-refractivity contribution in [2.75, 3.05) is 19.8 Å². The Morgan fingerprint density at radius 3 is 0.857 bits per heavy atom. The zero-order valence-corrected chi connectivity index (χ0v) is 43.4. The van der Waals surface area contributed by atoms with Crippen LogP contribution in [0.1, 0.15) is 322 Å². The molecule has 1 atom stereocenters. The maximum atomic E-state index is 12.5. The molecule has 0 heterocycles. The van der Waals surface area contributed by atoms with Crippen LogP contribution in [0.2, 0.25) is 0 Å². The first-order valence-corrected chi connectivity index (χ1v) is 29.9. The van der Waals surface area contributed by atoms with E-state index in [2.05, 4.69) is 18.4 Å². The second-order valence-electron chi connectivity index (χ2n) is 19.6. The summed E-state index contributed by atoms with van der Waals surface area (Å²) in [6.45, 7) is 4.84. The summed E-state index contributed by atoms with van der Waals surface area (Å²) in [6.07, 6.45) is 63.0. The maximum Gasteiger partial charge on any atom is 0.469 e. The van der Waals surface area contributed by atoms with E-state index in [-0.39, 0.29) is 19.2 Å². The minimum absolute atomic E-state index is 0.0874. The van der Waals surface area contributed by atoms with Crippen LogP contribution >= 0.6 is 7.82 Å². The van der Waals surface area contributed by atoms with E-state index in [0.717, 1.165) is 32.1 Å². The highest BCUT2D eigenvalue weighted by Gasteiger charge is 2.21. The Morgan fingerprint density at radius 2 is 0.603 bits per heavy atom. The van der Waals surface area contributed by atoms with Crippen LogP contribution in [0.15, 0.2) is 0 Å². The first-order chi connectivity index (χ1) is 30.9. The van der Waals surface area contributed by atoms with E-state index < -0.39 is 13.9 Å². The third-order valence-corrected chi connectivity index (χ3v) is 13.6. The summed E-state index contributed by atoms with van der Waals surface area (Å²) < 4.78 is 27.2. The number of phosphoric acid groups is 1. The van der Waals surface area contributed by atoms with Gasteiger partial charge >= 0.3 is 13.8 Å². The molecule has 0 radical (unpaired) electrons. The molecule has 0 aromatic rings. The van der Waals surface area contributed by atoms with Gasteiger partial charge in [-0.2, -0.15) is 0 Å². The third kappa shape index (κ3) is 55.8. The second-order valence-corrected chi connectivity index (χ2v) is 20.9. The monoisotopic (exact) mass is 915 g/mol. The summed E-state index contributed by atoms with van der Waals surface area (Å²) >= 11 is 0. The van der Waals surface area contributed by atoms with E-state index in [0.29, 0.717) is 13.0 Å². The van der Waals surface area contributed by atoms with Crippen molar-refractivity contribution in [3.05, 3.63) is 0 Å². The molecule has 0 unspecified atom stereocenters. The largest absolute Gasteiger partial charge is 0.469 e. The van der Waals surface area contributed by atoms with Crippen molar-refractivity contribution in [1.82, 2.24) is 0 Å². The van der Waals surface area contributed by atoms with Crippen molar-refractivity contribution in [3.63, 3.8) is 0 Å². The van der Waals surface area contributed by atoms with Crippen molar-refractivity contribution in [3.8, 4) is 0 Å². The summed E-state index contributed by atoms with van der Waals surface area (Å²) in [5.41, 5.74) is 0. The molecule has 0 aliphatic rings. The van der Waals surface area contributed by atoms with Gasteiger partial charge in [0.15, 0.2) is 0 Å². The molecule has 0 aromatic heterocycles. The average Bonchev–Trinajstić information content (AvgIpc) is 3.26. The number of ether oxygens (including phenoxy) is 2. The van der Waals surface area contributed by atoms with Gasteiger partial charge in [0.05, 0.1) is 13.2 Å². The summed E-state index contributed by atoms with van der Waals surface area (Å²) in [5.74, 6) is -0.351. The fraction of sp³-hybridized carbons (Fsp3) is 0.982. The number of hydrogen-bond donors (Lipinski definition) is 2. The minimum Gasteiger partial charge on any atom is -0.457 e. The SMILES string of the molecule is CCCCCCCCCCCCCCCCCCCCCCCCCCCCCCCCCC(=O)O[C@H](COCCCCCCCCCCCCCCCCCC)COP(=O)(O)O. The molecule has 0 saturated heterocycles. The van der Waals surface area contributed by atoms with E-state index in [1.165, 1.54) is 270 Å². The Morgan fingerprint density at radius 1 is 0.365 bits per heavy atom. The van der Waals surface area contributed by atoms with Crippen LogP contribution in [0.5, 0.6) is 0 Å². The Labute approximate surface area is 393 Å². The lowest BCUT2D eigenvalue weighted by Crippen LogP contribution is -2.28. The molecule has 7 nitrogen and oxygen atoms in total. The first-order valence-electron chi connectivity index (χ1n) is 28.4. The highest BCUT2D eigenvalue weighted by molar-refractivity contribution is 7.46. The van der Waals surface area contributed by atoms with E-state index in [1.807, 2.05) is 0 Å². The zero-order chi connectivity index (χ0) is 45.8. The quantitative estimate of drug-likeness (QED) is 0.0356. The molecule has 8 heteroatoms. The molecule has 0 spiro atoms. The van der Waals surface area contributed by atoms with Gasteiger partial charge in [-0.3, -0.25) is 9.32 Å². The lowest BCUT2D eigenvalue weighted by Gasteiger charge is -2.18. The van der Waals surface area contributed by atoms with Crippen LogP contribution < -0.4 is 0 Å². The highest BCUT2D eigenvalue weighted by atomic mass is 31.2. The Hall–Kier alpha value is -0.460. The van der Waals surface area contributed by atoms with Gasteiger partial charge in [-0.1, -0.05) is 303 Å². The summed E-state index contributed by atoms with van der Waals surface area (Å²) in [4.78, 5) is 30.8. The molecular formula is C55H111O7P. The van der Waals surface area contributed by atoms with Crippen molar-refractivity contribution in [2.24, 2.45) is 0 Å². The topological polar surface area (TPSA) is 102 Å². The minimum atomic E-state index is -4.65. The van der Waals surface area contributed by atoms with Crippen LogP contribution in [0.25, 0.3) is 0 Å². The van der Waals surface area contributed by atoms with E-state index >= 15 is 0 Å². The number of esters is 1. The molecule has 63 heavy (non-hydrogen) atoms. The fourth-order valence-corrected chi connectivity index (χ4v) is 9.34. The van der Waals surface area contributed by atoms with Gasteiger partial charge in [-0.15, -0.1) is 0 Å². The van der Waals surface area contributed by atoms with Crippen molar-refractivity contribution >= 4 is 13.8 Å². The van der Waals surface area contributed by atoms with E-state index in [9.17, 15) is 9.36 Å². The second kappa shape index (κ2) is 52.5. The Balaban J connectivity index is 3.56. The number of hydrogen-bond acceptors (Lipinski definition) is 5. The van der Waals surface area contributed by atoms with E-state index in [4.69, 9.17) is 19.3 Å². The first kappa shape index (κ1) is 62.5. The summed E-state index contributed by atoms with van der Waals surface area (Å²) in [5, 5.41) is 0. The van der Waals surface area contributed by atoms with Gasteiger partial charge in [-0.25, -0.2) is 4.57 Å². The van der Waals surface area contributed by atoms with Crippen molar-refractivity contribution in [2.45, 2.75) is 328 Å². The van der Waals surface area contributed by atoms with E-state index in [1.54, 1.807) is 0 Å². The molecule has 0 aliphatic heterocycles. The predicted molar refractivity (Wildman–Crippen MR) is 272 cm³/mol. The molecule has 0 rings (SSSR count).